The van der Waals surface area contributed by atoms with Crippen LogP contribution in [0.15, 0.2) is 54.6 Å². The van der Waals surface area contributed by atoms with E-state index in [9.17, 15) is 9.59 Å². The standard InChI is InChI=1S/C73H128N2O10/c1-8-15-22-23-24-25-26-27-29-32-35-41-46-65(79-54-17-10-3)68(80-55-18-11-4)64(59-84-73-71(83-58-21-14-7)70(82-57-20-13-6)69(81-56-19-12-5)66(85-73)60-78-53-16-9-2)75-67(76)47-42-36-33-30-28-31-34-37-43-52-74-72(77)63-50-48-62(49-51-63)61-44-39-38-40-45-61/h38-40,44-45,48-51,64-66,68-71,73H,8-37,41-43,46-47,52-60H2,1-7H3,(H,74,77)(H,75,76)/t64-,65+,66?,68-,69-,70-,71?,73-/m0/s1. The number of hydrogen-bond acceptors (Lipinski definition) is 10. The summed E-state index contributed by atoms with van der Waals surface area (Å²) in [6.45, 7) is 20.2. The van der Waals surface area contributed by atoms with Gasteiger partial charge in [-0.1, -0.05) is 251 Å². The molecule has 2 unspecified atom stereocenters. The fraction of sp³-hybridized carbons (Fsp3) is 0.808. The molecule has 1 saturated heterocycles. The van der Waals surface area contributed by atoms with Crippen LogP contribution < -0.4 is 10.6 Å². The van der Waals surface area contributed by atoms with Gasteiger partial charge in [0.2, 0.25) is 5.91 Å². The van der Waals surface area contributed by atoms with Crippen LogP contribution in [-0.4, -0.2) is 120 Å². The second kappa shape index (κ2) is 52.9. The van der Waals surface area contributed by atoms with Gasteiger partial charge in [0.1, 0.15) is 30.5 Å². The van der Waals surface area contributed by atoms with Crippen molar-refractivity contribution in [3.8, 4) is 11.1 Å². The Labute approximate surface area is 520 Å². The quantitative estimate of drug-likeness (QED) is 0.0617. The van der Waals surface area contributed by atoms with Crippen molar-refractivity contribution in [1.29, 1.82) is 0 Å². The molecule has 1 heterocycles. The second-order valence-electron chi connectivity index (χ2n) is 24.3. The monoisotopic (exact) mass is 1190 g/mol. The molecule has 0 aromatic heterocycles. The topological polar surface area (TPSA) is 132 Å². The van der Waals surface area contributed by atoms with Crippen molar-refractivity contribution in [2.24, 2.45) is 0 Å². The fourth-order valence-corrected chi connectivity index (χ4v) is 11.1. The Morgan fingerprint density at radius 3 is 1.51 bits per heavy atom. The number of rotatable bonds is 58. The Morgan fingerprint density at radius 1 is 0.459 bits per heavy atom. The summed E-state index contributed by atoms with van der Waals surface area (Å²) in [6.07, 6.45) is 34.8. The molecule has 3 rings (SSSR count). The Kier molecular flexibility index (Phi) is 47.5. The number of unbranched alkanes of at least 4 members (excludes halogenated alkanes) is 25. The van der Waals surface area contributed by atoms with Gasteiger partial charge in [-0.15, -0.1) is 0 Å². The highest BCUT2D eigenvalue weighted by atomic mass is 16.7. The third-order valence-corrected chi connectivity index (χ3v) is 16.6. The first-order valence-electron chi connectivity index (χ1n) is 35.5. The number of carbonyl (C=O) groups excluding carboxylic acids is 2. The molecule has 2 aromatic carbocycles. The van der Waals surface area contributed by atoms with E-state index in [0.717, 1.165) is 152 Å². The normalized spacial score (nSPS) is 18.1. The van der Waals surface area contributed by atoms with Crippen LogP contribution in [0.3, 0.4) is 0 Å². The summed E-state index contributed by atoms with van der Waals surface area (Å²) in [6, 6.07) is 17.6. The predicted molar refractivity (Wildman–Crippen MR) is 352 cm³/mol. The summed E-state index contributed by atoms with van der Waals surface area (Å²) in [7, 11) is 0. The zero-order chi connectivity index (χ0) is 61.1. The van der Waals surface area contributed by atoms with Crippen LogP contribution in [0.2, 0.25) is 0 Å². The molecule has 0 bridgehead atoms. The first-order valence-corrected chi connectivity index (χ1v) is 35.5. The molecule has 2 aromatic rings. The molecule has 0 radical (unpaired) electrons. The van der Waals surface area contributed by atoms with E-state index in [2.05, 4.69) is 71.2 Å². The molecule has 2 amide bonds. The van der Waals surface area contributed by atoms with E-state index >= 15 is 0 Å². The van der Waals surface area contributed by atoms with Gasteiger partial charge in [-0.25, -0.2) is 0 Å². The molecule has 12 nitrogen and oxygen atoms in total. The maximum atomic E-state index is 14.4. The maximum absolute atomic E-state index is 14.4. The van der Waals surface area contributed by atoms with Crippen molar-refractivity contribution < 1.29 is 47.5 Å². The van der Waals surface area contributed by atoms with Gasteiger partial charge in [0, 0.05) is 58.2 Å². The molecule has 85 heavy (non-hydrogen) atoms. The molecule has 1 aliphatic rings. The van der Waals surface area contributed by atoms with Crippen LogP contribution >= 0.6 is 0 Å². The molecule has 12 heteroatoms. The predicted octanol–water partition coefficient (Wildman–Crippen LogP) is 18.0. The zero-order valence-electron chi connectivity index (χ0n) is 55.5. The highest BCUT2D eigenvalue weighted by molar-refractivity contribution is 5.94. The van der Waals surface area contributed by atoms with Crippen molar-refractivity contribution in [2.75, 3.05) is 59.4 Å². The van der Waals surface area contributed by atoms with Crippen molar-refractivity contribution >= 4 is 11.8 Å². The van der Waals surface area contributed by atoms with Gasteiger partial charge < -0.3 is 48.5 Å². The SMILES string of the molecule is CCCCCCCCCCCCCC[C@@H](OCCCC)[C@@H](OCCCC)[C@H](CO[C@H]1OC(COCCCC)[C@H](OCCCC)[C@H](OCCCC)C1OCCCC)NC(=O)CCCCCCCCCCCNC(=O)c1ccc(-c2ccccc2)cc1. The van der Waals surface area contributed by atoms with E-state index in [0.29, 0.717) is 64.8 Å². The lowest BCUT2D eigenvalue weighted by molar-refractivity contribution is -0.325. The lowest BCUT2D eigenvalue weighted by Crippen LogP contribution is -2.63. The van der Waals surface area contributed by atoms with Gasteiger partial charge in [-0.05, 0) is 81.0 Å². The third-order valence-electron chi connectivity index (χ3n) is 16.6. The first-order chi connectivity index (χ1) is 41.8. The molecule has 490 valence electrons. The summed E-state index contributed by atoms with van der Waals surface area (Å²) in [4.78, 5) is 27.2. The molecule has 1 aliphatic heterocycles. The van der Waals surface area contributed by atoms with Crippen molar-refractivity contribution in [1.82, 2.24) is 10.6 Å². The Balaban J connectivity index is 1.73. The molecule has 2 N–H and O–H groups in total. The number of hydrogen-bond donors (Lipinski definition) is 2. The summed E-state index contributed by atoms with van der Waals surface area (Å²) < 4.78 is 54.6. The number of carbonyl (C=O) groups is 2. The van der Waals surface area contributed by atoms with E-state index in [1.165, 1.54) is 77.0 Å². The molecule has 8 atom stereocenters. The lowest BCUT2D eigenvalue weighted by atomic mass is 9.97. The van der Waals surface area contributed by atoms with Gasteiger partial charge in [0.15, 0.2) is 6.29 Å². The van der Waals surface area contributed by atoms with Gasteiger partial charge in [-0.3, -0.25) is 9.59 Å². The summed E-state index contributed by atoms with van der Waals surface area (Å²) in [5.74, 6) is -0.00108. The maximum Gasteiger partial charge on any atom is 0.251 e. The van der Waals surface area contributed by atoms with E-state index in [1.54, 1.807) is 0 Å². The fourth-order valence-electron chi connectivity index (χ4n) is 11.1. The van der Waals surface area contributed by atoms with Crippen molar-refractivity contribution in [3.63, 3.8) is 0 Å². The number of benzene rings is 2. The molecular weight excluding hydrogens is 1060 g/mol. The highest BCUT2D eigenvalue weighted by Gasteiger charge is 2.49. The van der Waals surface area contributed by atoms with Crippen LogP contribution in [0.4, 0.5) is 0 Å². The lowest BCUT2D eigenvalue weighted by Gasteiger charge is -2.46. The van der Waals surface area contributed by atoms with Crippen LogP contribution in [0.1, 0.15) is 284 Å². The molecular formula is C73H128N2O10. The Bertz CT molecular complexity index is 1820. The molecule has 0 saturated carbocycles. The summed E-state index contributed by atoms with van der Waals surface area (Å²) >= 11 is 0. The summed E-state index contributed by atoms with van der Waals surface area (Å²) in [5, 5.41) is 6.62. The van der Waals surface area contributed by atoms with Crippen molar-refractivity contribution in [3.05, 3.63) is 60.2 Å². The first kappa shape index (κ1) is 76.3. The zero-order valence-corrected chi connectivity index (χ0v) is 55.5. The Hall–Kier alpha value is -2.94. The van der Waals surface area contributed by atoms with E-state index < -0.39 is 42.9 Å². The van der Waals surface area contributed by atoms with Gasteiger partial charge in [-0.2, -0.15) is 0 Å². The minimum Gasteiger partial charge on any atom is -0.379 e. The Morgan fingerprint density at radius 2 is 0.929 bits per heavy atom. The molecule has 0 spiro atoms. The van der Waals surface area contributed by atoms with E-state index in [-0.39, 0.29) is 24.5 Å². The number of ether oxygens (including phenoxy) is 8. The van der Waals surface area contributed by atoms with E-state index in [1.807, 2.05) is 42.5 Å². The van der Waals surface area contributed by atoms with Crippen molar-refractivity contribution in [2.45, 2.75) is 322 Å². The average Bonchev–Trinajstić information content (AvgIpc) is 2.70. The molecule has 0 aliphatic carbocycles. The number of nitrogens with one attached hydrogen (secondary N) is 2. The smallest absolute Gasteiger partial charge is 0.251 e. The third kappa shape index (κ3) is 35.1. The second-order valence-corrected chi connectivity index (χ2v) is 24.3. The van der Waals surface area contributed by atoms with E-state index in [4.69, 9.17) is 37.9 Å². The minimum absolute atomic E-state index is 0.0133. The van der Waals surface area contributed by atoms with Gasteiger partial charge in [0.05, 0.1) is 25.4 Å². The summed E-state index contributed by atoms with van der Waals surface area (Å²) in [5.41, 5.74) is 2.95. The molecule has 1 fully saturated rings. The van der Waals surface area contributed by atoms with Crippen LogP contribution in [0, 0.1) is 0 Å². The average molecular weight is 1190 g/mol. The van der Waals surface area contributed by atoms with Gasteiger partial charge in [0.25, 0.3) is 5.91 Å². The minimum atomic E-state index is -0.795. The number of amides is 2. The highest BCUT2D eigenvalue weighted by Crippen LogP contribution is 2.31. The van der Waals surface area contributed by atoms with Crippen LogP contribution in [0.25, 0.3) is 11.1 Å². The van der Waals surface area contributed by atoms with Gasteiger partial charge >= 0.3 is 0 Å². The van der Waals surface area contributed by atoms with Crippen LogP contribution in [-0.2, 0) is 42.7 Å². The largest absolute Gasteiger partial charge is 0.379 e. The van der Waals surface area contributed by atoms with Crippen LogP contribution in [0.5, 0.6) is 0 Å².